The van der Waals surface area contributed by atoms with E-state index in [1.54, 1.807) is 53.1 Å². The number of rotatable bonds is 11. The fourth-order valence-electron chi connectivity index (χ4n) is 6.72. The second kappa shape index (κ2) is 12.0. The molecule has 3 amide bonds. The van der Waals surface area contributed by atoms with Gasteiger partial charge in [0.05, 0.1) is 33.9 Å². The van der Waals surface area contributed by atoms with Gasteiger partial charge >= 0.3 is 0 Å². The van der Waals surface area contributed by atoms with E-state index in [0.29, 0.717) is 42.4 Å². The largest absolute Gasteiger partial charge is 0.494 e. The average Bonchev–Trinajstić information content (AvgIpc) is 3.53. The molecule has 0 radical (unpaired) electrons. The lowest BCUT2D eigenvalue weighted by atomic mass is 9.66. The molecule has 10 heteroatoms. The van der Waals surface area contributed by atoms with Crippen LogP contribution in [0.2, 0.25) is 5.02 Å². The molecule has 3 saturated heterocycles. The summed E-state index contributed by atoms with van der Waals surface area (Å²) in [6.45, 7) is 5.04. The second-order valence-corrected chi connectivity index (χ2v) is 12.7. The standard InChI is InChI=1S/C30H36ClN3O5S/c1-3-39-20-13-11-19(12-14-20)32-27(36)24-23-17-18(2)30(40-23)25(24)29(38)34(15-7-4-8-16-35)26(30)28(37)33-22-10-6-5-9-21(22)31/h5-6,9-14,18,23-26,35H,3-4,7-8,15-17H2,1-2H3,(H,32,36)(H,33,37)/t18?,23-,24+,25+,26?,30?/m1/s1. The van der Waals surface area contributed by atoms with Gasteiger partial charge < -0.3 is 25.4 Å². The van der Waals surface area contributed by atoms with Gasteiger partial charge in [-0.15, -0.1) is 11.8 Å². The van der Waals surface area contributed by atoms with Gasteiger partial charge in [0.15, 0.2) is 0 Å². The highest BCUT2D eigenvalue weighted by molar-refractivity contribution is 8.02. The minimum absolute atomic E-state index is 0.0567. The third-order valence-electron chi connectivity index (χ3n) is 8.42. The number of carbonyl (C=O) groups excluding carboxylic acids is 3. The zero-order chi connectivity index (χ0) is 28.4. The smallest absolute Gasteiger partial charge is 0.248 e. The quantitative estimate of drug-likeness (QED) is 0.327. The van der Waals surface area contributed by atoms with E-state index in [-0.39, 0.29) is 35.5 Å². The number of hydrogen-bond acceptors (Lipinski definition) is 6. The number of halogens is 1. The molecule has 3 aliphatic heterocycles. The fourth-order valence-corrected chi connectivity index (χ4v) is 9.33. The summed E-state index contributed by atoms with van der Waals surface area (Å²) in [5.74, 6) is -0.974. The van der Waals surface area contributed by atoms with E-state index in [4.69, 9.17) is 16.3 Å². The Labute approximate surface area is 244 Å². The van der Waals surface area contributed by atoms with E-state index in [2.05, 4.69) is 17.6 Å². The van der Waals surface area contributed by atoms with Crippen molar-refractivity contribution in [2.24, 2.45) is 17.8 Å². The van der Waals surface area contributed by atoms with Crippen LogP contribution in [0.25, 0.3) is 0 Å². The molecular weight excluding hydrogens is 550 g/mol. The molecular formula is C30H36ClN3O5S. The number of likely N-dealkylation sites (tertiary alicyclic amines) is 1. The number of aliphatic hydroxyl groups excluding tert-OH is 1. The summed E-state index contributed by atoms with van der Waals surface area (Å²) in [5, 5.41) is 15.6. The van der Waals surface area contributed by atoms with Crippen LogP contribution in [0, 0.1) is 17.8 Å². The molecule has 3 fully saturated rings. The van der Waals surface area contributed by atoms with Gasteiger partial charge in [-0.05, 0) is 74.9 Å². The van der Waals surface area contributed by atoms with Crippen molar-refractivity contribution >= 4 is 52.5 Å². The molecule has 0 aromatic heterocycles. The molecule has 3 heterocycles. The number of thioether (sulfide) groups is 1. The van der Waals surface area contributed by atoms with Gasteiger partial charge in [-0.2, -0.15) is 0 Å². The van der Waals surface area contributed by atoms with Crippen molar-refractivity contribution in [2.45, 2.75) is 55.6 Å². The van der Waals surface area contributed by atoms with Crippen LogP contribution < -0.4 is 15.4 Å². The van der Waals surface area contributed by atoms with Crippen LogP contribution in [-0.2, 0) is 14.4 Å². The number of anilines is 2. The van der Waals surface area contributed by atoms with Crippen LogP contribution in [0.1, 0.15) is 39.5 Å². The predicted molar refractivity (Wildman–Crippen MR) is 158 cm³/mol. The summed E-state index contributed by atoms with van der Waals surface area (Å²) in [6.07, 6.45) is 2.79. The molecule has 214 valence electrons. The fraction of sp³-hybridized carbons (Fsp3) is 0.500. The van der Waals surface area contributed by atoms with Crippen molar-refractivity contribution in [2.75, 3.05) is 30.4 Å². The number of nitrogens with zero attached hydrogens (tertiary/aromatic N) is 1. The minimum atomic E-state index is -0.733. The highest BCUT2D eigenvalue weighted by atomic mass is 35.5. The molecule has 6 atom stereocenters. The van der Waals surface area contributed by atoms with E-state index < -0.39 is 22.6 Å². The topological polar surface area (TPSA) is 108 Å². The molecule has 2 aromatic rings. The van der Waals surface area contributed by atoms with Gasteiger partial charge in [-0.1, -0.05) is 30.7 Å². The summed E-state index contributed by atoms with van der Waals surface area (Å²) >= 11 is 8.00. The number of unbranched alkanes of at least 4 members (excludes halogenated alkanes) is 2. The Morgan fingerprint density at radius 3 is 2.55 bits per heavy atom. The first-order chi connectivity index (χ1) is 19.3. The Bertz CT molecular complexity index is 1260. The summed E-state index contributed by atoms with van der Waals surface area (Å²) < 4.78 is 4.79. The number of para-hydroxylation sites is 1. The number of nitrogens with one attached hydrogen (secondary N) is 2. The minimum Gasteiger partial charge on any atom is -0.494 e. The lowest BCUT2D eigenvalue weighted by Crippen LogP contribution is -2.54. The van der Waals surface area contributed by atoms with Gasteiger partial charge in [0.2, 0.25) is 17.7 Å². The van der Waals surface area contributed by atoms with Gasteiger partial charge in [0.25, 0.3) is 0 Å². The normalized spacial score (nSPS) is 28.4. The lowest BCUT2D eigenvalue weighted by Gasteiger charge is -2.38. The third kappa shape index (κ3) is 5.08. The van der Waals surface area contributed by atoms with Crippen molar-refractivity contribution < 1.29 is 24.2 Å². The number of hydrogen-bond donors (Lipinski definition) is 3. The zero-order valence-electron chi connectivity index (χ0n) is 22.8. The number of ether oxygens (including phenoxy) is 1. The first-order valence-corrected chi connectivity index (χ1v) is 15.3. The average molecular weight is 586 g/mol. The summed E-state index contributed by atoms with van der Waals surface area (Å²) in [7, 11) is 0. The Morgan fingerprint density at radius 2 is 1.85 bits per heavy atom. The highest BCUT2D eigenvalue weighted by Gasteiger charge is 2.75. The van der Waals surface area contributed by atoms with E-state index in [9.17, 15) is 19.5 Å². The monoisotopic (exact) mass is 585 g/mol. The number of aliphatic hydroxyl groups is 1. The van der Waals surface area contributed by atoms with Crippen molar-refractivity contribution in [3.05, 3.63) is 53.6 Å². The molecule has 0 aliphatic carbocycles. The lowest BCUT2D eigenvalue weighted by molar-refractivity contribution is -0.138. The Morgan fingerprint density at radius 1 is 1.10 bits per heavy atom. The first-order valence-electron chi connectivity index (χ1n) is 14.0. The number of fused-ring (bicyclic) bond motifs is 1. The van der Waals surface area contributed by atoms with Gasteiger partial charge in [0.1, 0.15) is 11.8 Å². The van der Waals surface area contributed by atoms with E-state index in [0.717, 1.165) is 18.6 Å². The van der Waals surface area contributed by atoms with Crippen molar-refractivity contribution in [1.82, 2.24) is 4.90 Å². The SMILES string of the molecule is CCOc1ccc(NC(=O)[C@@H]2[C@H]3C(=O)N(CCCCCO)C(C(=O)Nc4ccccc4Cl)C34S[C@@H]2CC4C)cc1. The van der Waals surface area contributed by atoms with Crippen molar-refractivity contribution in [3.63, 3.8) is 0 Å². The molecule has 0 saturated carbocycles. The molecule has 5 rings (SSSR count). The maximum absolute atomic E-state index is 14.2. The highest BCUT2D eigenvalue weighted by Crippen LogP contribution is 2.68. The van der Waals surface area contributed by atoms with Crippen molar-refractivity contribution in [3.8, 4) is 5.75 Å². The molecule has 2 aromatic carbocycles. The Hall–Kier alpha value is -2.75. The maximum atomic E-state index is 14.2. The molecule has 3 unspecified atom stereocenters. The predicted octanol–water partition coefficient (Wildman–Crippen LogP) is 4.82. The molecule has 8 nitrogen and oxygen atoms in total. The summed E-state index contributed by atoms with van der Waals surface area (Å²) in [5.41, 5.74) is 1.14. The molecule has 3 aliphatic rings. The van der Waals surface area contributed by atoms with Crippen LogP contribution in [0.15, 0.2) is 48.5 Å². The van der Waals surface area contributed by atoms with Crippen LogP contribution in [-0.4, -0.2) is 63.5 Å². The molecule has 40 heavy (non-hydrogen) atoms. The number of amides is 3. The van der Waals surface area contributed by atoms with Crippen LogP contribution in [0.5, 0.6) is 5.75 Å². The van der Waals surface area contributed by atoms with E-state index >= 15 is 0 Å². The van der Waals surface area contributed by atoms with Crippen LogP contribution >= 0.6 is 23.4 Å². The molecule has 3 N–H and O–H groups in total. The molecule has 2 bridgehead atoms. The maximum Gasteiger partial charge on any atom is 0.248 e. The first kappa shape index (κ1) is 28.8. The molecule has 1 spiro atoms. The van der Waals surface area contributed by atoms with Crippen LogP contribution in [0.3, 0.4) is 0 Å². The van der Waals surface area contributed by atoms with Gasteiger partial charge in [-0.25, -0.2) is 0 Å². The number of benzene rings is 2. The summed E-state index contributed by atoms with van der Waals surface area (Å²) in [6, 6.07) is 13.5. The van der Waals surface area contributed by atoms with Gasteiger partial charge in [-0.3, -0.25) is 14.4 Å². The van der Waals surface area contributed by atoms with Crippen molar-refractivity contribution in [1.29, 1.82) is 0 Å². The second-order valence-electron chi connectivity index (χ2n) is 10.8. The Kier molecular flexibility index (Phi) is 8.63. The Balaban J connectivity index is 1.44. The van der Waals surface area contributed by atoms with E-state index in [1.807, 2.05) is 19.1 Å². The van der Waals surface area contributed by atoms with Crippen LogP contribution in [0.4, 0.5) is 11.4 Å². The van der Waals surface area contributed by atoms with Gasteiger partial charge in [0, 0.05) is 24.1 Å². The summed E-state index contributed by atoms with van der Waals surface area (Å²) in [4.78, 5) is 43.6. The van der Waals surface area contributed by atoms with E-state index in [1.165, 1.54) is 0 Å². The third-order valence-corrected chi connectivity index (χ3v) is 10.8. The zero-order valence-corrected chi connectivity index (χ0v) is 24.3. The number of carbonyl (C=O) groups is 3.